The lowest BCUT2D eigenvalue weighted by Crippen LogP contribution is -1.95. The van der Waals surface area contributed by atoms with Crippen LogP contribution in [0.25, 0.3) is 11.4 Å². The maximum absolute atomic E-state index is 12.9. The lowest BCUT2D eigenvalue weighted by atomic mass is 10.2. The van der Waals surface area contributed by atoms with Gasteiger partial charge in [0.05, 0.1) is 0 Å². The Bertz CT molecular complexity index is 480. The van der Waals surface area contributed by atoms with E-state index < -0.39 is 11.6 Å². The highest BCUT2D eigenvalue weighted by Crippen LogP contribution is 2.18. The smallest absolute Gasteiger partial charge is 0.161 e. The number of nitrogen functional groups attached to an aromatic ring is 1. The Morgan fingerprint density at radius 1 is 1.07 bits per heavy atom. The van der Waals surface area contributed by atoms with E-state index in [0.29, 0.717) is 0 Å². The largest absolute Gasteiger partial charge is 0.384 e. The van der Waals surface area contributed by atoms with Gasteiger partial charge in [0, 0.05) is 17.8 Å². The van der Waals surface area contributed by atoms with Crippen LogP contribution < -0.4 is 5.73 Å². The molecule has 3 nitrogen and oxygen atoms in total. The van der Waals surface area contributed by atoms with Gasteiger partial charge in [-0.25, -0.2) is 18.7 Å². The molecule has 0 saturated heterocycles. The summed E-state index contributed by atoms with van der Waals surface area (Å²) >= 11 is 0. The molecule has 0 unspecified atom stereocenters. The molecule has 15 heavy (non-hydrogen) atoms. The van der Waals surface area contributed by atoms with Gasteiger partial charge in [-0.2, -0.15) is 0 Å². The van der Waals surface area contributed by atoms with Crippen LogP contribution >= 0.6 is 0 Å². The molecule has 1 aromatic carbocycles. The second-order valence-electron chi connectivity index (χ2n) is 2.96. The van der Waals surface area contributed by atoms with Gasteiger partial charge in [0.1, 0.15) is 17.5 Å². The molecule has 2 aromatic rings. The van der Waals surface area contributed by atoms with Crippen molar-refractivity contribution < 1.29 is 8.78 Å². The third-order valence-corrected chi connectivity index (χ3v) is 1.80. The molecule has 0 aliphatic rings. The number of benzene rings is 1. The standard InChI is InChI=1S/C10H7F2N3/c11-7-3-6(4-8(12)5-7)10-14-2-1-9(13)15-10/h1-5H,(H2,13,14,15). The number of hydrogen-bond donors (Lipinski definition) is 1. The molecule has 1 heterocycles. The van der Waals surface area contributed by atoms with E-state index >= 15 is 0 Å². The Balaban J connectivity index is 2.54. The van der Waals surface area contributed by atoms with Crippen molar-refractivity contribution in [3.8, 4) is 11.4 Å². The van der Waals surface area contributed by atoms with E-state index in [2.05, 4.69) is 9.97 Å². The number of hydrogen-bond acceptors (Lipinski definition) is 3. The molecule has 0 aliphatic carbocycles. The molecule has 0 amide bonds. The third kappa shape index (κ3) is 2.07. The average Bonchev–Trinajstić information content (AvgIpc) is 2.16. The molecular weight excluding hydrogens is 200 g/mol. The maximum Gasteiger partial charge on any atom is 0.161 e. The summed E-state index contributed by atoms with van der Waals surface area (Å²) in [6, 6.07) is 4.59. The van der Waals surface area contributed by atoms with E-state index in [1.807, 2.05) is 0 Å². The predicted octanol–water partition coefficient (Wildman–Crippen LogP) is 2.00. The van der Waals surface area contributed by atoms with E-state index in [4.69, 9.17) is 5.73 Å². The van der Waals surface area contributed by atoms with Crippen LogP contribution in [0.2, 0.25) is 0 Å². The second-order valence-corrected chi connectivity index (χ2v) is 2.96. The summed E-state index contributed by atoms with van der Waals surface area (Å²) in [5.41, 5.74) is 5.70. The fourth-order valence-corrected chi connectivity index (χ4v) is 1.19. The van der Waals surface area contributed by atoms with Gasteiger partial charge in [0.2, 0.25) is 0 Å². The Labute approximate surface area is 84.6 Å². The summed E-state index contributed by atoms with van der Waals surface area (Å²) in [4.78, 5) is 7.73. The van der Waals surface area contributed by atoms with E-state index in [1.165, 1.54) is 12.3 Å². The summed E-state index contributed by atoms with van der Waals surface area (Å²) in [5.74, 6) is -0.884. The summed E-state index contributed by atoms with van der Waals surface area (Å²) in [7, 11) is 0. The minimum Gasteiger partial charge on any atom is -0.384 e. The van der Waals surface area contributed by atoms with Crippen molar-refractivity contribution in [1.82, 2.24) is 9.97 Å². The SMILES string of the molecule is Nc1ccnc(-c2cc(F)cc(F)c2)n1. The molecule has 0 bridgehead atoms. The number of anilines is 1. The van der Waals surface area contributed by atoms with Crippen molar-refractivity contribution in [2.75, 3.05) is 5.73 Å². The monoisotopic (exact) mass is 207 g/mol. The molecule has 0 fully saturated rings. The summed E-state index contributed by atoms with van der Waals surface area (Å²) in [6.45, 7) is 0. The Morgan fingerprint density at radius 3 is 2.33 bits per heavy atom. The highest BCUT2D eigenvalue weighted by molar-refractivity contribution is 5.56. The average molecular weight is 207 g/mol. The van der Waals surface area contributed by atoms with Crippen molar-refractivity contribution in [1.29, 1.82) is 0 Å². The van der Waals surface area contributed by atoms with Crippen molar-refractivity contribution in [2.24, 2.45) is 0 Å². The highest BCUT2D eigenvalue weighted by atomic mass is 19.1. The van der Waals surface area contributed by atoms with Crippen LogP contribution in [-0.4, -0.2) is 9.97 Å². The summed E-state index contributed by atoms with van der Waals surface area (Å²) < 4.78 is 25.8. The Kier molecular flexibility index (Phi) is 2.29. The van der Waals surface area contributed by atoms with Crippen LogP contribution in [0.4, 0.5) is 14.6 Å². The third-order valence-electron chi connectivity index (χ3n) is 1.80. The quantitative estimate of drug-likeness (QED) is 0.778. The molecule has 0 saturated carbocycles. The van der Waals surface area contributed by atoms with Gasteiger partial charge in [-0.1, -0.05) is 0 Å². The van der Waals surface area contributed by atoms with Gasteiger partial charge in [-0.05, 0) is 18.2 Å². The number of nitrogens with two attached hydrogens (primary N) is 1. The fraction of sp³-hybridized carbons (Fsp3) is 0. The van der Waals surface area contributed by atoms with Gasteiger partial charge in [0.25, 0.3) is 0 Å². The first-order valence-electron chi connectivity index (χ1n) is 4.20. The van der Waals surface area contributed by atoms with Crippen LogP contribution in [0.1, 0.15) is 0 Å². The van der Waals surface area contributed by atoms with Gasteiger partial charge < -0.3 is 5.73 Å². The van der Waals surface area contributed by atoms with Crippen molar-refractivity contribution in [2.45, 2.75) is 0 Å². The minimum absolute atomic E-state index is 0.202. The second kappa shape index (κ2) is 3.61. The van der Waals surface area contributed by atoms with Crippen molar-refractivity contribution in [3.05, 3.63) is 42.1 Å². The Morgan fingerprint density at radius 2 is 1.73 bits per heavy atom. The van der Waals surface area contributed by atoms with Crippen LogP contribution in [-0.2, 0) is 0 Å². The van der Waals surface area contributed by atoms with E-state index in [-0.39, 0.29) is 17.2 Å². The zero-order chi connectivity index (χ0) is 10.8. The first-order chi connectivity index (χ1) is 7.15. The van der Waals surface area contributed by atoms with Crippen LogP contribution in [0.3, 0.4) is 0 Å². The van der Waals surface area contributed by atoms with E-state index in [9.17, 15) is 8.78 Å². The van der Waals surface area contributed by atoms with Gasteiger partial charge >= 0.3 is 0 Å². The molecule has 0 aliphatic heterocycles. The number of rotatable bonds is 1. The molecular formula is C10H7F2N3. The lowest BCUT2D eigenvalue weighted by Gasteiger charge is -2.01. The number of aromatic nitrogens is 2. The lowest BCUT2D eigenvalue weighted by molar-refractivity contribution is 0.584. The van der Waals surface area contributed by atoms with Gasteiger partial charge in [0.15, 0.2) is 5.82 Å². The molecule has 76 valence electrons. The zero-order valence-electron chi connectivity index (χ0n) is 7.61. The van der Waals surface area contributed by atoms with Crippen LogP contribution in [0.5, 0.6) is 0 Å². The first kappa shape index (κ1) is 9.51. The van der Waals surface area contributed by atoms with Crippen LogP contribution in [0.15, 0.2) is 30.5 Å². The normalized spacial score (nSPS) is 10.3. The van der Waals surface area contributed by atoms with Crippen LogP contribution in [0, 0.1) is 11.6 Å². The first-order valence-corrected chi connectivity index (χ1v) is 4.20. The number of nitrogens with zero attached hydrogens (tertiary/aromatic N) is 2. The molecule has 5 heteroatoms. The molecule has 0 radical (unpaired) electrons. The number of halogens is 2. The van der Waals surface area contributed by atoms with Gasteiger partial charge in [-0.3, -0.25) is 0 Å². The molecule has 1 aromatic heterocycles. The summed E-state index contributed by atoms with van der Waals surface area (Å²) in [6.07, 6.45) is 1.43. The zero-order valence-corrected chi connectivity index (χ0v) is 7.61. The molecule has 2 N–H and O–H groups in total. The topological polar surface area (TPSA) is 51.8 Å². The summed E-state index contributed by atoms with van der Waals surface area (Å²) in [5, 5.41) is 0. The fourth-order valence-electron chi connectivity index (χ4n) is 1.19. The van der Waals surface area contributed by atoms with Crippen molar-refractivity contribution in [3.63, 3.8) is 0 Å². The van der Waals surface area contributed by atoms with Gasteiger partial charge in [-0.15, -0.1) is 0 Å². The predicted molar refractivity (Wildman–Crippen MR) is 51.8 cm³/mol. The molecule has 0 atom stereocenters. The Hall–Kier alpha value is -2.04. The van der Waals surface area contributed by atoms with E-state index in [0.717, 1.165) is 18.2 Å². The van der Waals surface area contributed by atoms with Crippen molar-refractivity contribution >= 4 is 5.82 Å². The molecule has 2 rings (SSSR count). The highest BCUT2D eigenvalue weighted by Gasteiger charge is 2.05. The van der Waals surface area contributed by atoms with E-state index in [1.54, 1.807) is 0 Å². The minimum atomic E-state index is -0.670. The molecule has 0 spiro atoms. The maximum atomic E-state index is 12.9.